The van der Waals surface area contributed by atoms with Crippen molar-refractivity contribution in [3.05, 3.63) is 63.7 Å². The molecule has 1 aromatic carbocycles. The third-order valence-corrected chi connectivity index (χ3v) is 18.3. The fourth-order valence-electron chi connectivity index (χ4n) is 12.1. The number of benzene rings is 1. The summed E-state index contributed by atoms with van der Waals surface area (Å²) >= 11 is 0. The summed E-state index contributed by atoms with van der Waals surface area (Å²) in [5, 5.41) is 17.1. The van der Waals surface area contributed by atoms with Gasteiger partial charge < -0.3 is 20.2 Å². The predicted molar refractivity (Wildman–Crippen MR) is 236 cm³/mol. The predicted octanol–water partition coefficient (Wildman–Crippen LogP) is 3.92. The molecule has 2 saturated carbocycles. The van der Waals surface area contributed by atoms with Crippen molar-refractivity contribution >= 4 is 56.2 Å². The number of aromatic nitrogens is 2. The van der Waals surface area contributed by atoms with E-state index >= 15 is 4.39 Å². The molecular formula is C46H57FN8O8S. The van der Waals surface area contributed by atoms with E-state index in [9.17, 15) is 37.5 Å². The number of nitrogens with zero attached hydrogens (tertiary/aromatic N) is 6. The molecule has 10 rings (SSSR count). The van der Waals surface area contributed by atoms with Gasteiger partial charge in [-0.15, -0.1) is 0 Å². The van der Waals surface area contributed by atoms with Gasteiger partial charge in [0.1, 0.15) is 23.3 Å². The van der Waals surface area contributed by atoms with Crippen molar-refractivity contribution < 1.29 is 37.1 Å². The van der Waals surface area contributed by atoms with Crippen LogP contribution in [0.3, 0.4) is 0 Å². The molecule has 3 N–H and O–H groups in total. The molecule has 7 heterocycles. The zero-order valence-corrected chi connectivity index (χ0v) is 37.1. The Morgan fingerprint density at radius 1 is 0.828 bits per heavy atom. The van der Waals surface area contributed by atoms with E-state index in [0.29, 0.717) is 82.2 Å². The Bertz CT molecular complexity index is 2580. The second kappa shape index (κ2) is 16.3. The fraction of sp³-hybridized carbons (Fsp3) is 0.609. The SMILES string of the molecule is C[C@@]1(O)CCC[C@H]1n1c(=O)ccc2ccc(NC3CCN(S(=O)(=O)C4CCN(C5CCC6(CCN(c7cc8c(cc7F)C(=O)N(C7CCC(=O)NC7=O)C8=O)CC6)C5)CC4)CC3)nc21. The maximum Gasteiger partial charge on any atom is 0.262 e. The number of amides is 4. The number of piperidine rings is 4. The van der Waals surface area contributed by atoms with Gasteiger partial charge in [0, 0.05) is 56.1 Å². The summed E-state index contributed by atoms with van der Waals surface area (Å²) in [6, 6.07) is 8.59. The van der Waals surface area contributed by atoms with E-state index < -0.39 is 56.4 Å². The monoisotopic (exact) mass is 900 g/mol. The molecule has 1 spiro atoms. The molecule has 2 aliphatic carbocycles. The quantitative estimate of drug-likeness (QED) is 0.277. The van der Waals surface area contributed by atoms with Crippen molar-refractivity contribution in [1.29, 1.82) is 0 Å². The second-order valence-corrected chi connectivity index (χ2v) is 21.9. The second-order valence-electron chi connectivity index (χ2n) is 19.7. The zero-order chi connectivity index (χ0) is 44.7. The summed E-state index contributed by atoms with van der Waals surface area (Å²) in [6.45, 7) is 5.29. The van der Waals surface area contributed by atoms with Crippen LogP contribution in [0.2, 0.25) is 0 Å². The Kier molecular flexibility index (Phi) is 11.0. The number of imide groups is 2. The van der Waals surface area contributed by atoms with Crippen LogP contribution >= 0.6 is 0 Å². The number of pyridine rings is 2. The first-order valence-electron chi connectivity index (χ1n) is 23.2. The van der Waals surface area contributed by atoms with Crippen LogP contribution in [0.5, 0.6) is 0 Å². The maximum atomic E-state index is 15.6. The van der Waals surface area contributed by atoms with Gasteiger partial charge in [-0.2, -0.15) is 0 Å². The van der Waals surface area contributed by atoms with Crippen LogP contribution in [0.1, 0.15) is 124 Å². The zero-order valence-electron chi connectivity index (χ0n) is 36.3. The molecule has 4 atom stereocenters. The maximum absolute atomic E-state index is 15.6. The molecule has 0 bridgehead atoms. The Labute approximate surface area is 371 Å². The summed E-state index contributed by atoms with van der Waals surface area (Å²) in [7, 11) is -3.48. The highest BCUT2D eigenvalue weighted by molar-refractivity contribution is 7.89. The number of carbonyl (C=O) groups excluding carboxylic acids is 4. The highest BCUT2D eigenvalue weighted by Gasteiger charge is 2.48. The largest absolute Gasteiger partial charge is 0.388 e. The van der Waals surface area contributed by atoms with Crippen molar-refractivity contribution in [2.24, 2.45) is 5.41 Å². The molecular weight excluding hydrogens is 844 g/mol. The van der Waals surface area contributed by atoms with Gasteiger partial charge in [0.05, 0.1) is 33.7 Å². The molecule has 4 amide bonds. The van der Waals surface area contributed by atoms with Crippen LogP contribution in [0.25, 0.3) is 11.0 Å². The lowest BCUT2D eigenvalue weighted by Crippen LogP contribution is -2.54. The number of hydrogen-bond acceptors (Lipinski definition) is 12. The van der Waals surface area contributed by atoms with Crippen LogP contribution in [-0.4, -0.2) is 129 Å². The molecule has 5 aliphatic heterocycles. The summed E-state index contributed by atoms with van der Waals surface area (Å²) in [4.78, 5) is 74.0. The van der Waals surface area contributed by atoms with Gasteiger partial charge in [-0.3, -0.25) is 38.8 Å². The average molecular weight is 901 g/mol. The summed E-state index contributed by atoms with van der Waals surface area (Å²) in [5.74, 6) is -2.51. The third-order valence-electron chi connectivity index (χ3n) is 15.9. The van der Waals surface area contributed by atoms with E-state index in [1.165, 1.54) is 12.1 Å². The Balaban J connectivity index is 0.706. The molecule has 18 heteroatoms. The number of hydrogen-bond donors (Lipinski definition) is 3. The molecule has 2 unspecified atom stereocenters. The molecule has 2 aromatic heterocycles. The van der Waals surface area contributed by atoms with E-state index in [0.717, 1.165) is 68.0 Å². The van der Waals surface area contributed by atoms with Crippen LogP contribution in [-0.2, 0) is 19.6 Å². The van der Waals surface area contributed by atoms with Gasteiger partial charge >= 0.3 is 0 Å². The van der Waals surface area contributed by atoms with E-state index in [-0.39, 0.29) is 52.7 Å². The number of carbonyl (C=O) groups is 4. The summed E-state index contributed by atoms with van der Waals surface area (Å²) in [5.41, 5.74) is -0.263. The van der Waals surface area contributed by atoms with E-state index in [1.54, 1.807) is 21.9 Å². The van der Waals surface area contributed by atoms with Gasteiger partial charge in [0.15, 0.2) is 0 Å². The van der Waals surface area contributed by atoms with E-state index in [1.807, 2.05) is 17.0 Å². The minimum absolute atomic E-state index is 0.00793. The lowest BCUT2D eigenvalue weighted by Gasteiger charge is -2.42. The molecule has 0 radical (unpaired) electrons. The van der Waals surface area contributed by atoms with Gasteiger partial charge in [-0.05, 0) is 139 Å². The number of rotatable bonds is 8. The Morgan fingerprint density at radius 3 is 2.22 bits per heavy atom. The normalized spacial score (nSPS) is 28.7. The van der Waals surface area contributed by atoms with E-state index in [2.05, 4.69) is 15.5 Å². The van der Waals surface area contributed by atoms with Crippen LogP contribution in [0.15, 0.2) is 41.2 Å². The molecule has 3 aromatic rings. The number of fused-ring (bicyclic) bond motifs is 2. The van der Waals surface area contributed by atoms with Crippen molar-refractivity contribution in [1.82, 2.24) is 29.0 Å². The minimum Gasteiger partial charge on any atom is -0.388 e. The average Bonchev–Trinajstić information content (AvgIpc) is 3.93. The van der Waals surface area contributed by atoms with Crippen molar-refractivity contribution in [3.8, 4) is 0 Å². The molecule has 16 nitrogen and oxygen atoms in total. The molecule has 64 heavy (non-hydrogen) atoms. The smallest absolute Gasteiger partial charge is 0.262 e. The highest BCUT2D eigenvalue weighted by atomic mass is 32.2. The van der Waals surface area contributed by atoms with Crippen LogP contribution < -0.4 is 21.1 Å². The first kappa shape index (κ1) is 43.1. The number of halogens is 1. The Hall–Kier alpha value is -4.78. The number of nitrogens with one attached hydrogen (secondary N) is 2. The van der Waals surface area contributed by atoms with Gasteiger partial charge in [0.2, 0.25) is 21.8 Å². The lowest BCUT2D eigenvalue weighted by molar-refractivity contribution is -0.136. The minimum atomic E-state index is -3.48. The number of likely N-dealkylation sites (tertiary alicyclic amines) is 1. The molecule has 4 saturated heterocycles. The highest BCUT2D eigenvalue weighted by Crippen LogP contribution is 2.49. The van der Waals surface area contributed by atoms with Crippen molar-refractivity contribution in [3.63, 3.8) is 0 Å². The van der Waals surface area contributed by atoms with Crippen molar-refractivity contribution in [2.75, 3.05) is 49.5 Å². The molecule has 7 aliphatic rings. The van der Waals surface area contributed by atoms with Gasteiger partial charge in [-0.25, -0.2) is 22.1 Å². The molecule has 6 fully saturated rings. The van der Waals surface area contributed by atoms with Gasteiger partial charge in [-0.1, -0.05) is 0 Å². The van der Waals surface area contributed by atoms with Gasteiger partial charge in [0.25, 0.3) is 17.4 Å². The summed E-state index contributed by atoms with van der Waals surface area (Å²) < 4.78 is 46.9. The molecule has 342 valence electrons. The number of sulfonamides is 1. The van der Waals surface area contributed by atoms with E-state index in [4.69, 9.17) is 4.98 Å². The first-order chi connectivity index (χ1) is 30.6. The first-order valence-corrected chi connectivity index (χ1v) is 24.7. The summed E-state index contributed by atoms with van der Waals surface area (Å²) in [6.07, 6.45) is 9.46. The Morgan fingerprint density at radius 2 is 1.53 bits per heavy atom. The fourth-order valence-corrected chi connectivity index (χ4v) is 14.1. The number of aliphatic hydroxyl groups is 1. The third kappa shape index (κ3) is 7.60. The van der Waals surface area contributed by atoms with Crippen molar-refractivity contribution in [2.45, 2.75) is 132 Å². The number of anilines is 2. The lowest BCUT2D eigenvalue weighted by atomic mass is 9.76. The van der Waals surface area contributed by atoms with Crippen LogP contribution in [0, 0.1) is 11.2 Å². The van der Waals surface area contributed by atoms with Crippen LogP contribution in [0.4, 0.5) is 15.9 Å². The standard InChI is InChI=1S/C46H57FN8O8S/c1-45(61)15-2-3-37(45)55-40(57)9-5-28-4-7-38(49-41(28)55)48-29-11-21-53(22-12-29)64(62,63)31-13-19-51(20-14-31)30-10-16-46(27-30)17-23-52(24-18-46)36-26-33-32(25-34(36)47)43(59)54(44(33)60)35-6-8-39(56)50-42(35)58/h4-5,7,9,25-26,29-31,35,37,61H,2-3,6,8,10-24,27H2,1H3,(H,48,49)(H,50,56,58)/t30?,35?,37-,45-/m1/s1. The topological polar surface area (TPSA) is 195 Å².